The third-order valence-electron chi connectivity index (χ3n) is 3.01. The van der Waals surface area contributed by atoms with Crippen molar-refractivity contribution in [3.05, 3.63) is 10.6 Å². The van der Waals surface area contributed by atoms with E-state index in [1.165, 1.54) is 38.2 Å². The smallest absolute Gasteiger partial charge is 0.358 e. The number of carbonyl (C=O) groups excluding carboxylic acids is 2. The van der Waals surface area contributed by atoms with Gasteiger partial charge in [0.1, 0.15) is 4.88 Å². The lowest BCUT2D eigenvalue weighted by atomic mass is 10.2. The van der Waals surface area contributed by atoms with E-state index in [-0.39, 0.29) is 11.5 Å². The number of anilines is 1. The van der Waals surface area contributed by atoms with Crippen molar-refractivity contribution in [2.75, 3.05) is 12.4 Å². The number of hydrogen-bond donors (Lipinski definition) is 1. The Labute approximate surface area is 110 Å². The molecule has 98 valence electrons. The number of Topliss-reactive ketones (excluding diaryl/α,β-unsaturated/α-hetero) is 1. The predicted molar refractivity (Wildman–Crippen MR) is 69.3 cm³/mol. The van der Waals surface area contributed by atoms with E-state index in [2.05, 4.69) is 22.0 Å². The molecule has 1 heterocycles. The van der Waals surface area contributed by atoms with Crippen molar-refractivity contribution >= 4 is 28.2 Å². The number of nitrogens with one attached hydrogen (secondary N) is 1. The van der Waals surface area contributed by atoms with Crippen LogP contribution in [-0.4, -0.2) is 29.9 Å². The Bertz CT molecular complexity index is 480. The van der Waals surface area contributed by atoms with Gasteiger partial charge >= 0.3 is 5.97 Å². The molecule has 1 aliphatic rings. The van der Waals surface area contributed by atoms with Gasteiger partial charge in [-0.15, -0.1) is 0 Å². The van der Waals surface area contributed by atoms with Gasteiger partial charge in [0.05, 0.1) is 7.11 Å². The Morgan fingerprint density at radius 2 is 2.17 bits per heavy atom. The second-order valence-electron chi connectivity index (χ2n) is 4.51. The van der Waals surface area contributed by atoms with Crippen molar-refractivity contribution in [1.82, 2.24) is 4.98 Å². The molecule has 2 rings (SSSR count). The van der Waals surface area contributed by atoms with Gasteiger partial charge in [-0.1, -0.05) is 11.3 Å². The number of hydrogen-bond acceptors (Lipinski definition) is 6. The molecule has 0 amide bonds. The third-order valence-corrected chi connectivity index (χ3v) is 4.09. The lowest BCUT2D eigenvalue weighted by Gasteiger charge is -2.10. The van der Waals surface area contributed by atoms with Crippen LogP contribution in [0.2, 0.25) is 0 Å². The zero-order valence-electron chi connectivity index (χ0n) is 10.6. The quantitative estimate of drug-likeness (QED) is 0.655. The molecule has 6 heteroatoms. The molecule has 0 spiro atoms. The molecule has 1 saturated carbocycles. The van der Waals surface area contributed by atoms with Crippen LogP contribution in [0.3, 0.4) is 0 Å². The van der Waals surface area contributed by atoms with Crippen LogP contribution >= 0.6 is 11.3 Å². The number of ketones is 1. The Morgan fingerprint density at radius 3 is 2.67 bits per heavy atom. The minimum Gasteiger partial charge on any atom is -0.464 e. The maximum Gasteiger partial charge on any atom is 0.358 e. The van der Waals surface area contributed by atoms with Crippen LogP contribution in [0, 0.1) is 5.92 Å². The summed E-state index contributed by atoms with van der Waals surface area (Å²) in [4.78, 5) is 27.5. The Morgan fingerprint density at radius 1 is 1.50 bits per heavy atom. The molecule has 1 aliphatic carbocycles. The number of carbonyl (C=O) groups is 2. The van der Waals surface area contributed by atoms with Gasteiger partial charge in [-0.2, -0.15) is 0 Å². The average Bonchev–Trinajstić information content (AvgIpc) is 3.09. The third kappa shape index (κ3) is 2.69. The molecule has 1 atom stereocenters. The van der Waals surface area contributed by atoms with E-state index in [0.717, 1.165) is 0 Å². The molecule has 5 nitrogen and oxygen atoms in total. The fraction of sp³-hybridized carbons (Fsp3) is 0.583. The topological polar surface area (TPSA) is 68.3 Å². The van der Waals surface area contributed by atoms with Gasteiger partial charge in [0.25, 0.3) is 0 Å². The van der Waals surface area contributed by atoms with Gasteiger partial charge in [0.15, 0.2) is 16.6 Å². The molecule has 0 aliphatic heterocycles. The van der Waals surface area contributed by atoms with E-state index in [1.54, 1.807) is 0 Å². The minimum absolute atomic E-state index is 0.112. The summed E-state index contributed by atoms with van der Waals surface area (Å²) in [5.74, 6) is -0.0557. The Kier molecular flexibility index (Phi) is 3.65. The van der Waals surface area contributed by atoms with E-state index in [4.69, 9.17) is 0 Å². The van der Waals surface area contributed by atoms with Crippen molar-refractivity contribution in [2.45, 2.75) is 32.7 Å². The highest BCUT2D eigenvalue weighted by Crippen LogP contribution is 2.35. The van der Waals surface area contributed by atoms with Gasteiger partial charge in [0, 0.05) is 13.0 Å². The number of esters is 1. The zero-order valence-corrected chi connectivity index (χ0v) is 11.5. The summed E-state index contributed by atoms with van der Waals surface area (Å²) in [6.45, 7) is 3.51. The zero-order chi connectivity index (χ0) is 13.3. The van der Waals surface area contributed by atoms with E-state index in [9.17, 15) is 9.59 Å². The van der Waals surface area contributed by atoms with Crippen LogP contribution in [0.4, 0.5) is 5.13 Å². The van der Waals surface area contributed by atoms with Crippen LogP contribution in [0.1, 0.15) is 46.8 Å². The second-order valence-corrected chi connectivity index (χ2v) is 5.51. The molecule has 0 saturated heterocycles. The van der Waals surface area contributed by atoms with Crippen molar-refractivity contribution < 1.29 is 14.3 Å². The highest BCUT2D eigenvalue weighted by molar-refractivity contribution is 7.17. The van der Waals surface area contributed by atoms with Crippen molar-refractivity contribution in [1.29, 1.82) is 0 Å². The highest BCUT2D eigenvalue weighted by atomic mass is 32.1. The molecule has 1 fully saturated rings. The van der Waals surface area contributed by atoms with Gasteiger partial charge in [-0.25, -0.2) is 9.78 Å². The Hall–Kier alpha value is -1.43. The fourth-order valence-corrected chi connectivity index (χ4v) is 2.71. The first-order valence-corrected chi connectivity index (χ1v) is 6.71. The number of thiazole rings is 1. The van der Waals surface area contributed by atoms with Crippen molar-refractivity contribution in [3.63, 3.8) is 0 Å². The fourth-order valence-electron chi connectivity index (χ4n) is 1.76. The average molecular weight is 268 g/mol. The molecule has 0 bridgehead atoms. The summed E-state index contributed by atoms with van der Waals surface area (Å²) in [6.07, 6.45) is 2.45. The number of aromatic nitrogens is 1. The summed E-state index contributed by atoms with van der Waals surface area (Å²) < 4.78 is 4.63. The lowest BCUT2D eigenvalue weighted by Crippen LogP contribution is -2.17. The van der Waals surface area contributed by atoms with Crippen LogP contribution < -0.4 is 5.32 Å². The molecule has 1 unspecified atom stereocenters. The Balaban J connectivity index is 2.21. The predicted octanol–water partition coefficient (Wildman–Crippen LogP) is 2.34. The first-order valence-electron chi connectivity index (χ1n) is 5.89. The maximum absolute atomic E-state index is 11.5. The minimum atomic E-state index is -0.566. The summed E-state index contributed by atoms with van der Waals surface area (Å²) in [6, 6.07) is 0.321. The number of nitrogens with zero attached hydrogens (tertiary/aromatic N) is 1. The molecule has 18 heavy (non-hydrogen) atoms. The van der Waals surface area contributed by atoms with Gasteiger partial charge in [-0.3, -0.25) is 4.79 Å². The first-order chi connectivity index (χ1) is 8.52. The van der Waals surface area contributed by atoms with Crippen LogP contribution in [0.5, 0.6) is 0 Å². The number of ether oxygens (including phenoxy) is 1. The number of rotatable bonds is 5. The standard InChI is InChI=1S/C12H16N2O3S/c1-6(8-4-5-8)13-12-14-9(11(16)17-3)10(18-12)7(2)15/h6,8H,4-5H2,1-3H3,(H,13,14). The molecule has 1 N–H and O–H groups in total. The van der Waals surface area contributed by atoms with E-state index in [0.29, 0.717) is 22.0 Å². The van der Waals surface area contributed by atoms with Gasteiger partial charge < -0.3 is 10.1 Å². The molecule has 1 aromatic rings. The van der Waals surface area contributed by atoms with E-state index >= 15 is 0 Å². The number of methoxy groups -OCH3 is 1. The molecule has 1 aromatic heterocycles. The van der Waals surface area contributed by atoms with Crippen molar-refractivity contribution in [3.8, 4) is 0 Å². The van der Waals surface area contributed by atoms with Crippen molar-refractivity contribution in [2.24, 2.45) is 5.92 Å². The molecule has 0 aromatic carbocycles. The van der Waals surface area contributed by atoms with E-state index < -0.39 is 5.97 Å². The second kappa shape index (κ2) is 5.06. The van der Waals surface area contributed by atoms with Crippen LogP contribution in [-0.2, 0) is 4.74 Å². The largest absolute Gasteiger partial charge is 0.464 e. The van der Waals surface area contributed by atoms with E-state index in [1.807, 2.05) is 0 Å². The highest BCUT2D eigenvalue weighted by Gasteiger charge is 2.29. The molecule has 0 radical (unpaired) electrons. The van der Waals surface area contributed by atoms with Gasteiger partial charge in [0.2, 0.25) is 0 Å². The monoisotopic (exact) mass is 268 g/mol. The lowest BCUT2D eigenvalue weighted by molar-refractivity contribution is 0.0591. The SMILES string of the molecule is COC(=O)c1nc(NC(C)C2CC2)sc1C(C)=O. The van der Waals surface area contributed by atoms with Crippen LogP contribution in [0.15, 0.2) is 0 Å². The van der Waals surface area contributed by atoms with Gasteiger partial charge in [-0.05, 0) is 25.7 Å². The summed E-state index contributed by atoms with van der Waals surface area (Å²) in [5, 5.41) is 3.86. The summed E-state index contributed by atoms with van der Waals surface area (Å²) in [5.41, 5.74) is 0.112. The molecular formula is C12H16N2O3S. The summed E-state index contributed by atoms with van der Waals surface area (Å²) >= 11 is 1.21. The first kappa shape index (κ1) is 13.0. The summed E-state index contributed by atoms with van der Waals surface area (Å²) in [7, 11) is 1.28. The maximum atomic E-state index is 11.5. The van der Waals surface area contributed by atoms with Crippen LogP contribution in [0.25, 0.3) is 0 Å². The normalized spacial score (nSPS) is 16.2. The molecular weight excluding hydrogens is 252 g/mol.